The molecule has 1 aliphatic rings. The molecule has 0 saturated carbocycles. The van der Waals surface area contributed by atoms with E-state index in [0.717, 1.165) is 12.1 Å². The number of ether oxygens (including phenoxy) is 1. The number of aryl methyl sites for hydroxylation is 2. The number of benzene rings is 2. The fraction of sp³-hybridized carbons (Fsp3) is 0.350. The highest BCUT2D eigenvalue weighted by atomic mass is 127. The predicted molar refractivity (Wildman–Crippen MR) is 111 cm³/mol. The minimum absolute atomic E-state index is 0.0508. The molecule has 3 rings (SSSR count). The number of amides is 1. The molecule has 6 nitrogen and oxygen atoms in total. The Hall–Kier alpha value is -2.37. The SMILES string of the molecule is Cc1cc([C@H]2OC(=O)N(Cc3cc(C)cc([N+](=O)[O-])c3I)[C@H]2C)cc(C(F)(F)F)c1. The van der Waals surface area contributed by atoms with E-state index in [0.29, 0.717) is 20.3 Å². The average Bonchev–Trinajstić information content (AvgIpc) is 2.91. The number of cyclic esters (lactones) is 1. The molecular formula is C20H18F3IN2O4. The Morgan fingerprint density at radius 1 is 1.17 bits per heavy atom. The van der Waals surface area contributed by atoms with Gasteiger partial charge in [0, 0.05) is 6.07 Å². The molecule has 0 N–H and O–H groups in total. The number of carbonyl (C=O) groups excluding carboxylic acids is 1. The Kier molecular flexibility index (Phi) is 5.99. The van der Waals surface area contributed by atoms with Crippen LogP contribution < -0.4 is 0 Å². The second kappa shape index (κ2) is 8.05. The van der Waals surface area contributed by atoms with Gasteiger partial charge in [-0.05, 0) is 72.2 Å². The van der Waals surface area contributed by atoms with Gasteiger partial charge in [0.1, 0.15) is 6.10 Å². The van der Waals surface area contributed by atoms with Gasteiger partial charge in [-0.1, -0.05) is 17.7 Å². The molecule has 1 amide bonds. The van der Waals surface area contributed by atoms with Crippen LogP contribution in [0.1, 0.15) is 40.8 Å². The third-order valence-corrected chi connectivity index (χ3v) is 6.20. The van der Waals surface area contributed by atoms with Crippen LogP contribution in [0.2, 0.25) is 0 Å². The van der Waals surface area contributed by atoms with Crippen molar-refractivity contribution in [2.24, 2.45) is 0 Å². The predicted octanol–water partition coefficient (Wildman–Crippen LogP) is 5.92. The molecule has 2 atom stereocenters. The highest BCUT2D eigenvalue weighted by molar-refractivity contribution is 14.1. The summed E-state index contributed by atoms with van der Waals surface area (Å²) >= 11 is 1.86. The van der Waals surface area contributed by atoms with Gasteiger partial charge >= 0.3 is 12.3 Å². The summed E-state index contributed by atoms with van der Waals surface area (Å²) in [7, 11) is 0. The normalized spacial score (nSPS) is 19.2. The zero-order valence-corrected chi connectivity index (χ0v) is 18.4. The van der Waals surface area contributed by atoms with Crippen molar-refractivity contribution in [3.8, 4) is 0 Å². The van der Waals surface area contributed by atoms with Gasteiger partial charge in [-0.2, -0.15) is 13.2 Å². The molecule has 0 radical (unpaired) electrons. The number of rotatable bonds is 4. The zero-order valence-electron chi connectivity index (χ0n) is 16.3. The lowest BCUT2D eigenvalue weighted by Crippen LogP contribution is -2.31. The number of carbonyl (C=O) groups is 1. The molecule has 1 fully saturated rings. The molecule has 0 aromatic heterocycles. The first kappa shape index (κ1) is 22.3. The summed E-state index contributed by atoms with van der Waals surface area (Å²) in [5.41, 5.74) is 1.05. The largest absolute Gasteiger partial charge is 0.439 e. The number of halogens is 4. The maximum Gasteiger partial charge on any atom is 0.416 e. The quantitative estimate of drug-likeness (QED) is 0.278. The van der Waals surface area contributed by atoms with Crippen LogP contribution in [-0.4, -0.2) is 22.0 Å². The van der Waals surface area contributed by atoms with E-state index in [1.807, 2.05) is 22.6 Å². The molecule has 160 valence electrons. The van der Waals surface area contributed by atoms with Crippen molar-refractivity contribution >= 4 is 34.4 Å². The van der Waals surface area contributed by atoms with Gasteiger partial charge < -0.3 is 4.74 Å². The van der Waals surface area contributed by atoms with Crippen LogP contribution in [0, 0.1) is 27.5 Å². The van der Waals surface area contributed by atoms with Crippen LogP contribution in [0.4, 0.5) is 23.7 Å². The van der Waals surface area contributed by atoms with E-state index in [1.165, 1.54) is 11.0 Å². The van der Waals surface area contributed by atoms with Crippen LogP contribution in [0.25, 0.3) is 0 Å². The average molecular weight is 534 g/mol. The van der Waals surface area contributed by atoms with E-state index in [1.54, 1.807) is 32.9 Å². The van der Waals surface area contributed by atoms with Gasteiger partial charge in [-0.25, -0.2) is 4.79 Å². The van der Waals surface area contributed by atoms with E-state index < -0.39 is 34.9 Å². The number of nitro benzene ring substituents is 1. The second-order valence-electron chi connectivity index (χ2n) is 7.32. The Morgan fingerprint density at radius 3 is 2.40 bits per heavy atom. The topological polar surface area (TPSA) is 72.7 Å². The maximum atomic E-state index is 13.2. The Balaban J connectivity index is 1.93. The summed E-state index contributed by atoms with van der Waals surface area (Å²) in [4.78, 5) is 24.7. The van der Waals surface area contributed by atoms with Crippen molar-refractivity contribution in [3.05, 3.63) is 71.8 Å². The second-order valence-corrected chi connectivity index (χ2v) is 8.40. The lowest BCUT2D eigenvalue weighted by atomic mass is 9.98. The standard InChI is InChI=1S/C20H18F3IN2O4/c1-10-4-13(8-15(6-10)20(21,22)23)18-12(3)25(19(27)30-18)9-14-5-11(2)7-16(17(14)24)26(28)29/h4-8,12,18H,9H2,1-3H3/t12-,18-/m0/s1. The lowest BCUT2D eigenvalue weighted by Gasteiger charge is -2.22. The molecule has 2 aromatic rings. The van der Waals surface area contributed by atoms with Crippen LogP contribution >= 0.6 is 22.6 Å². The van der Waals surface area contributed by atoms with Crippen LogP contribution in [0.5, 0.6) is 0 Å². The first-order valence-electron chi connectivity index (χ1n) is 8.98. The third-order valence-electron chi connectivity index (χ3n) is 4.96. The summed E-state index contributed by atoms with van der Waals surface area (Å²) in [5.74, 6) is 0. The molecule has 1 saturated heterocycles. The summed E-state index contributed by atoms with van der Waals surface area (Å²) in [6, 6.07) is 6.23. The van der Waals surface area contributed by atoms with Crippen molar-refractivity contribution < 1.29 is 27.6 Å². The van der Waals surface area contributed by atoms with E-state index in [9.17, 15) is 28.1 Å². The number of hydrogen-bond donors (Lipinski definition) is 0. The molecule has 1 aliphatic heterocycles. The number of nitrogens with zero attached hydrogens (tertiary/aromatic N) is 2. The number of nitro groups is 1. The molecule has 0 aliphatic carbocycles. The van der Waals surface area contributed by atoms with Crippen molar-refractivity contribution in [1.29, 1.82) is 0 Å². The minimum atomic E-state index is -4.51. The van der Waals surface area contributed by atoms with Crippen LogP contribution in [-0.2, 0) is 17.5 Å². The van der Waals surface area contributed by atoms with E-state index in [-0.39, 0.29) is 17.8 Å². The van der Waals surface area contributed by atoms with Crippen LogP contribution in [0.3, 0.4) is 0 Å². The van der Waals surface area contributed by atoms with Gasteiger partial charge in [0.2, 0.25) is 0 Å². The van der Waals surface area contributed by atoms with E-state index in [2.05, 4.69) is 0 Å². The Bertz CT molecular complexity index is 1030. The third kappa shape index (κ3) is 4.37. The van der Waals surface area contributed by atoms with Crippen LogP contribution in [0.15, 0.2) is 30.3 Å². The van der Waals surface area contributed by atoms with E-state index >= 15 is 0 Å². The summed E-state index contributed by atoms with van der Waals surface area (Å²) < 4.78 is 45.4. The monoisotopic (exact) mass is 534 g/mol. The smallest absolute Gasteiger partial charge is 0.416 e. The highest BCUT2D eigenvalue weighted by Gasteiger charge is 2.41. The van der Waals surface area contributed by atoms with Crippen molar-refractivity contribution in [2.45, 2.75) is 45.6 Å². The Morgan fingerprint density at radius 2 is 1.80 bits per heavy atom. The molecule has 0 bridgehead atoms. The fourth-order valence-electron chi connectivity index (χ4n) is 3.56. The van der Waals surface area contributed by atoms with E-state index in [4.69, 9.17) is 4.74 Å². The number of hydrogen-bond acceptors (Lipinski definition) is 4. The zero-order chi connectivity index (χ0) is 22.4. The summed E-state index contributed by atoms with van der Waals surface area (Å²) in [6.07, 6.45) is -6.07. The van der Waals surface area contributed by atoms with Gasteiger partial charge in [0.15, 0.2) is 0 Å². The van der Waals surface area contributed by atoms with Crippen molar-refractivity contribution in [2.75, 3.05) is 0 Å². The maximum absolute atomic E-state index is 13.2. The molecule has 10 heteroatoms. The molecule has 30 heavy (non-hydrogen) atoms. The first-order valence-corrected chi connectivity index (χ1v) is 10.1. The lowest BCUT2D eigenvalue weighted by molar-refractivity contribution is -0.385. The van der Waals surface area contributed by atoms with Gasteiger partial charge in [-0.15, -0.1) is 0 Å². The van der Waals surface area contributed by atoms with Gasteiger partial charge in [0.25, 0.3) is 5.69 Å². The number of alkyl halides is 3. The fourth-order valence-corrected chi connectivity index (χ4v) is 4.23. The molecular weight excluding hydrogens is 516 g/mol. The molecule has 0 spiro atoms. The highest BCUT2D eigenvalue weighted by Crippen LogP contribution is 2.38. The van der Waals surface area contributed by atoms with Crippen molar-refractivity contribution in [1.82, 2.24) is 4.90 Å². The molecule has 0 unspecified atom stereocenters. The first-order chi connectivity index (χ1) is 13.9. The Labute approximate surface area is 184 Å². The summed E-state index contributed by atoms with van der Waals surface area (Å²) in [5, 5.41) is 11.3. The summed E-state index contributed by atoms with van der Waals surface area (Å²) in [6.45, 7) is 5.00. The van der Waals surface area contributed by atoms with Gasteiger partial charge in [-0.3, -0.25) is 15.0 Å². The van der Waals surface area contributed by atoms with Gasteiger partial charge in [0.05, 0.1) is 26.6 Å². The van der Waals surface area contributed by atoms with Crippen molar-refractivity contribution in [3.63, 3.8) is 0 Å². The minimum Gasteiger partial charge on any atom is -0.439 e. The molecule has 2 aromatic carbocycles. The molecule has 1 heterocycles.